The highest BCUT2D eigenvalue weighted by atomic mass is 16.6. The molecule has 3 rings (SSSR count). The molecule has 1 unspecified atom stereocenters. The van der Waals surface area contributed by atoms with Gasteiger partial charge in [-0.25, -0.2) is 9.48 Å². The molecule has 0 aliphatic carbocycles. The minimum atomic E-state index is -0.486. The van der Waals surface area contributed by atoms with Gasteiger partial charge in [-0.3, -0.25) is 0 Å². The molecular formula is C18H23N5O2. The Morgan fingerprint density at radius 3 is 2.96 bits per heavy atom. The van der Waals surface area contributed by atoms with Crippen LogP contribution in [0.1, 0.15) is 39.2 Å². The number of likely N-dealkylation sites (tertiary alicyclic amines) is 1. The summed E-state index contributed by atoms with van der Waals surface area (Å²) in [6.07, 6.45) is 1.71. The summed E-state index contributed by atoms with van der Waals surface area (Å²) in [5.74, 6) is 0.289. The van der Waals surface area contributed by atoms with Gasteiger partial charge in [0.2, 0.25) is 0 Å². The summed E-state index contributed by atoms with van der Waals surface area (Å²) >= 11 is 0. The molecule has 0 saturated carbocycles. The molecule has 25 heavy (non-hydrogen) atoms. The second kappa shape index (κ2) is 6.71. The van der Waals surface area contributed by atoms with Crippen molar-refractivity contribution in [3.05, 3.63) is 23.8 Å². The van der Waals surface area contributed by atoms with Crippen molar-refractivity contribution in [3.8, 4) is 6.07 Å². The fraction of sp³-hybridized carbons (Fsp3) is 0.556. The molecular weight excluding hydrogens is 318 g/mol. The van der Waals surface area contributed by atoms with Crippen LogP contribution in [0.2, 0.25) is 0 Å². The molecule has 7 heteroatoms. The lowest BCUT2D eigenvalue weighted by molar-refractivity contribution is 0.0155. The smallest absolute Gasteiger partial charge is 0.410 e. The lowest BCUT2D eigenvalue weighted by Gasteiger charge is -2.34. The maximum atomic E-state index is 12.3. The van der Waals surface area contributed by atoms with Crippen LogP contribution in [0.15, 0.2) is 18.2 Å². The Morgan fingerprint density at radius 1 is 1.44 bits per heavy atom. The molecule has 1 aliphatic rings. The Kier molecular flexibility index (Phi) is 4.62. The highest BCUT2D eigenvalue weighted by Crippen LogP contribution is 2.22. The maximum Gasteiger partial charge on any atom is 0.410 e. The first kappa shape index (κ1) is 17.2. The molecule has 1 amide bonds. The van der Waals surface area contributed by atoms with Crippen LogP contribution in [0.5, 0.6) is 0 Å². The zero-order chi connectivity index (χ0) is 18.0. The molecule has 1 fully saturated rings. The number of hydrogen-bond acceptors (Lipinski definition) is 5. The number of hydrogen-bond donors (Lipinski definition) is 0. The lowest BCUT2D eigenvalue weighted by Crippen LogP contribution is -2.43. The molecule has 0 spiro atoms. The van der Waals surface area contributed by atoms with Crippen molar-refractivity contribution in [1.82, 2.24) is 19.9 Å². The van der Waals surface area contributed by atoms with Crippen LogP contribution in [0.25, 0.3) is 11.0 Å². The van der Waals surface area contributed by atoms with Gasteiger partial charge in [-0.15, -0.1) is 5.10 Å². The number of fused-ring (bicyclic) bond motifs is 1. The average Bonchev–Trinajstić information content (AvgIpc) is 2.95. The Morgan fingerprint density at radius 2 is 2.24 bits per heavy atom. The van der Waals surface area contributed by atoms with Crippen LogP contribution in [-0.4, -0.2) is 44.7 Å². The van der Waals surface area contributed by atoms with E-state index in [2.05, 4.69) is 16.4 Å². The van der Waals surface area contributed by atoms with Gasteiger partial charge in [0.25, 0.3) is 0 Å². The summed E-state index contributed by atoms with van der Waals surface area (Å²) in [6.45, 7) is 7.67. The van der Waals surface area contributed by atoms with Crippen molar-refractivity contribution in [1.29, 1.82) is 5.26 Å². The van der Waals surface area contributed by atoms with Crippen LogP contribution in [0.4, 0.5) is 4.79 Å². The summed E-state index contributed by atoms with van der Waals surface area (Å²) in [5, 5.41) is 17.5. The van der Waals surface area contributed by atoms with Crippen LogP contribution in [0, 0.1) is 17.2 Å². The predicted octanol–water partition coefficient (Wildman–Crippen LogP) is 2.95. The number of ether oxygens (including phenoxy) is 1. The Bertz CT molecular complexity index is 815. The van der Waals surface area contributed by atoms with Gasteiger partial charge < -0.3 is 9.64 Å². The molecule has 1 aromatic heterocycles. The van der Waals surface area contributed by atoms with E-state index < -0.39 is 5.60 Å². The summed E-state index contributed by atoms with van der Waals surface area (Å²) < 4.78 is 7.31. The molecule has 2 aromatic rings. The third kappa shape index (κ3) is 4.08. The van der Waals surface area contributed by atoms with Crippen molar-refractivity contribution >= 4 is 17.1 Å². The van der Waals surface area contributed by atoms with E-state index in [0.29, 0.717) is 18.7 Å². The minimum absolute atomic E-state index is 0.257. The van der Waals surface area contributed by atoms with Crippen LogP contribution in [-0.2, 0) is 11.3 Å². The van der Waals surface area contributed by atoms with Gasteiger partial charge in [0.15, 0.2) is 0 Å². The molecule has 1 aromatic carbocycles. The summed E-state index contributed by atoms with van der Waals surface area (Å²) in [5.41, 5.74) is 1.74. The van der Waals surface area contributed by atoms with Gasteiger partial charge in [0.1, 0.15) is 11.1 Å². The number of rotatable bonds is 2. The first-order valence-electron chi connectivity index (χ1n) is 8.57. The Labute approximate surface area is 147 Å². The first-order valence-corrected chi connectivity index (χ1v) is 8.57. The molecule has 132 valence electrons. The number of nitriles is 1. The van der Waals surface area contributed by atoms with E-state index in [1.54, 1.807) is 11.0 Å². The van der Waals surface area contributed by atoms with Gasteiger partial charge in [-0.05, 0) is 57.7 Å². The molecule has 1 aliphatic heterocycles. The summed E-state index contributed by atoms with van der Waals surface area (Å²) in [4.78, 5) is 14.1. The van der Waals surface area contributed by atoms with E-state index >= 15 is 0 Å². The van der Waals surface area contributed by atoms with Crippen LogP contribution < -0.4 is 0 Å². The van der Waals surface area contributed by atoms with Gasteiger partial charge in [0, 0.05) is 19.6 Å². The molecule has 1 atom stereocenters. The van der Waals surface area contributed by atoms with Gasteiger partial charge >= 0.3 is 6.09 Å². The van der Waals surface area contributed by atoms with Gasteiger partial charge in [0.05, 0.1) is 17.1 Å². The summed E-state index contributed by atoms with van der Waals surface area (Å²) in [7, 11) is 0. The molecule has 2 heterocycles. The van der Waals surface area contributed by atoms with Crippen molar-refractivity contribution in [2.45, 2.75) is 45.8 Å². The van der Waals surface area contributed by atoms with E-state index in [1.165, 1.54) is 0 Å². The zero-order valence-electron chi connectivity index (χ0n) is 14.9. The third-order valence-electron chi connectivity index (χ3n) is 4.24. The van der Waals surface area contributed by atoms with Crippen LogP contribution >= 0.6 is 0 Å². The van der Waals surface area contributed by atoms with Crippen molar-refractivity contribution in [2.75, 3.05) is 13.1 Å². The predicted molar refractivity (Wildman–Crippen MR) is 92.8 cm³/mol. The lowest BCUT2D eigenvalue weighted by atomic mass is 9.98. The fourth-order valence-electron chi connectivity index (χ4n) is 3.12. The van der Waals surface area contributed by atoms with E-state index in [9.17, 15) is 4.79 Å². The number of carbonyl (C=O) groups excluding carboxylic acids is 1. The first-order chi connectivity index (χ1) is 11.9. The number of carbonyl (C=O) groups is 1. The van der Waals surface area contributed by atoms with E-state index in [-0.39, 0.29) is 12.0 Å². The number of aromatic nitrogens is 3. The van der Waals surface area contributed by atoms with Crippen LogP contribution in [0.3, 0.4) is 0 Å². The van der Waals surface area contributed by atoms with Gasteiger partial charge in [-0.1, -0.05) is 5.21 Å². The van der Waals surface area contributed by atoms with Crippen molar-refractivity contribution in [3.63, 3.8) is 0 Å². The second-order valence-electron chi connectivity index (χ2n) is 7.52. The normalized spacial score (nSPS) is 18.2. The topological polar surface area (TPSA) is 84.0 Å². The van der Waals surface area contributed by atoms with E-state index in [0.717, 1.165) is 30.4 Å². The molecule has 0 N–H and O–H groups in total. The Balaban J connectivity index is 1.71. The Hall–Kier alpha value is -2.62. The second-order valence-corrected chi connectivity index (χ2v) is 7.52. The fourth-order valence-corrected chi connectivity index (χ4v) is 3.12. The maximum absolute atomic E-state index is 12.3. The standard InChI is InChI=1S/C18H23N5O2/c1-18(2,3)25-17(24)22-8-4-5-14(11-22)12-23-16-9-13(10-19)6-7-15(16)20-21-23/h6-7,9,14H,4-5,8,11-12H2,1-3H3. The van der Waals surface area contributed by atoms with Crippen molar-refractivity contribution < 1.29 is 9.53 Å². The monoisotopic (exact) mass is 341 g/mol. The van der Waals surface area contributed by atoms with E-state index in [4.69, 9.17) is 10.00 Å². The molecule has 1 saturated heterocycles. The molecule has 0 radical (unpaired) electrons. The molecule has 0 bridgehead atoms. The highest BCUT2D eigenvalue weighted by molar-refractivity contribution is 5.76. The zero-order valence-corrected chi connectivity index (χ0v) is 14.9. The highest BCUT2D eigenvalue weighted by Gasteiger charge is 2.28. The number of nitrogens with zero attached hydrogens (tertiary/aromatic N) is 5. The third-order valence-corrected chi connectivity index (χ3v) is 4.24. The van der Waals surface area contributed by atoms with E-state index in [1.807, 2.05) is 37.6 Å². The number of benzene rings is 1. The van der Waals surface area contributed by atoms with Crippen molar-refractivity contribution in [2.24, 2.45) is 5.92 Å². The average molecular weight is 341 g/mol. The number of amides is 1. The summed E-state index contributed by atoms with van der Waals surface area (Å²) in [6, 6.07) is 7.51. The quantitative estimate of drug-likeness (QED) is 0.838. The number of piperidine rings is 1. The molecule has 7 nitrogen and oxygen atoms in total. The minimum Gasteiger partial charge on any atom is -0.444 e. The largest absolute Gasteiger partial charge is 0.444 e. The van der Waals surface area contributed by atoms with Gasteiger partial charge in [-0.2, -0.15) is 5.26 Å². The SMILES string of the molecule is CC(C)(C)OC(=O)N1CCCC(Cn2nnc3ccc(C#N)cc32)C1.